The van der Waals surface area contributed by atoms with Crippen molar-refractivity contribution in [3.05, 3.63) is 90.0 Å². The summed E-state index contributed by atoms with van der Waals surface area (Å²) in [6, 6.07) is 23.5. The Kier molecular flexibility index (Phi) is 6.60. The minimum atomic E-state index is -1.48. The van der Waals surface area contributed by atoms with Gasteiger partial charge < -0.3 is 9.80 Å². The van der Waals surface area contributed by atoms with Crippen molar-refractivity contribution in [3.8, 4) is 0 Å². The van der Waals surface area contributed by atoms with Crippen LogP contribution in [0.2, 0.25) is 0 Å². The quantitative estimate of drug-likeness (QED) is 0.531. The summed E-state index contributed by atoms with van der Waals surface area (Å²) in [5, 5.41) is 2.46. The number of barbiturate groups is 1. The fraction of sp³-hybridized carbons (Fsp3) is 0.250. The topological polar surface area (TPSA) is 73.0 Å². The number of anilines is 3. The molecule has 1 aliphatic rings. The molecule has 0 bridgehead atoms. The summed E-state index contributed by atoms with van der Waals surface area (Å²) >= 11 is 0. The van der Waals surface area contributed by atoms with E-state index in [1.165, 1.54) is 0 Å². The third-order valence-corrected chi connectivity index (χ3v) is 6.40. The standard InChI is InChI=1S/C28H30N4O3/c1-30(2)22-14-10-20(11-15-22)18-28(19-21-12-16-23(17-13-21)31(3)4)25(33)29-27(35)32(26(28)34)24-8-6-5-7-9-24/h5-17H,18-19H2,1-4H3,(H,29,33,35). The van der Waals surface area contributed by atoms with E-state index < -0.39 is 23.3 Å². The molecule has 0 unspecified atom stereocenters. The van der Waals surface area contributed by atoms with Gasteiger partial charge in [0.15, 0.2) is 0 Å². The molecule has 7 heteroatoms. The highest BCUT2D eigenvalue weighted by molar-refractivity contribution is 6.30. The van der Waals surface area contributed by atoms with E-state index >= 15 is 0 Å². The Hall–Kier alpha value is -4.13. The molecule has 35 heavy (non-hydrogen) atoms. The molecule has 180 valence electrons. The molecule has 1 saturated heterocycles. The van der Waals surface area contributed by atoms with Gasteiger partial charge in [-0.05, 0) is 60.4 Å². The minimum absolute atomic E-state index is 0.164. The predicted molar refractivity (Wildman–Crippen MR) is 139 cm³/mol. The lowest BCUT2D eigenvalue weighted by Gasteiger charge is -2.39. The van der Waals surface area contributed by atoms with E-state index in [-0.39, 0.29) is 12.8 Å². The number of urea groups is 1. The molecule has 0 atom stereocenters. The third kappa shape index (κ3) is 4.75. The Bertz CT molecular complexity index is 1170. The van der Waals surface area contributed by atoms with E-state index in [1.54, 1.807) is 24.3 Å². The zero-order valence-electron chi connectivity index (χ0n) is 20.5. The monoisotopic (exact) mass is 470 g/mol. The van der Waals surface area contributed by atoms with Crippen molar-refractivity contribution in [1.29, 1.82) is 0 Å². The molecule has 7 nitrogen and oxygen atoms in total. The average molecular weight is 471 g/mol. The van der Waals surface area contributed by atoms with Gasteiger partial charge in [-0.1, -0.05) is 42.5 Å². The minimum Gasteiger partial charge on any atom is -0.378 e. The maximum atomic E-state index is 14.1. The lowest BCUT2D eigenvalue weighted by atomic mass is 9.73. The van der Waals surface area contributed by atoms with Crippen molar-refractivity contribution in [2.75, 3.05) is 42.9 Å². The molecular formula is C28H30N4O3. The van der Waals surface area contributed by atoms with Gasteiger partial charge in [-0.15, -0.1) is 0 Å². The van der Waals surface area contributed by atoms with Crippen molar-refractivity contribution in [2.24, 2.45) is 5.41 Å². The highest BCUT2D eigenvalue weighted by Crippen LogP contribution is 2.36. The summed E-state index contributed by atoms with van der Waals surface area (Å²) in [6.45, 7) is 0. The fourth-order valence-corrected chi connectivity index (χ4v) is 4.38. The Morgan fingerprint density at radius 2 is 1.14 bits per heavy atom. The molecule has 1 N–H and O–H groups in total. The van der Waals surface area contributed by atoms with Crippen LogP contribution in [-0.2, 0) is 22.4 Å². The van der Waals surface area contributed by atoms with E-state index in [2.05, 4.69) is 5.32 Å². The molecule has 4 amide bonds. The Balaban J connectivity index is 1.78. The summed E-state index contributed by atoms with van der Waals surface area (Å²) in [4.78, 5) is 45.4. The zero-order valence-corrected chi connectivity index (χ0v) is 20.5. The lowest BCUT2D eigenvalue weighted by Crippen LogP contribution is -2.65. The van der Waals surface area contributed by atoms with E-state index in [0.717, 1.165) is 27.4 Å². The van der Waals surface area contributed by atoms with Crippen LogP contribution >= 0.6 is 0 Å². The first kappa shape index (κ1) is 24.0. The maximum Gasteiger partial charge on any atom is 0.335 e. The van der Waals surface area contributed by atoms with Gasteiger partial charge in [0.25, 0.3) is 5.91 Å². The third-order valence-electron chi connectivity index (χ3n) is 6.40. The largest absolute Gasteiger partial charge is 0.378 e. The van der Waals surface area contributed by atoms with Crippen LogP contribution in [0.25, 0.3) is 0 Å². The molecule has 3 aromatic rings. The van der Waals surface area contributed by atoms with Gasteiger partial charge in [0.1, 0.15) is 5.41 Å². The Labute approximate surface area is 206 Å². The number of para-hydroxylation sites is 1. The molecule has 0 radical (unpaired) electrons. The summed E-state index contributed by atoms with van der Waals surface area (Å²) in [5.41, 5.74) is 2.66. The summed E-state index contributed by atoms with van der Waals surface area (Å²) in [6.07, 6.45) is 0.328. The molecule has 1 heterocycles. The number of carbonyl (C=O) groups is 3. The molecular weight excluding hydrogens is 440 g/mol. The molecule has 0 aromatic heterocycles. The number of carbonyl (C=O) groups excluding carboxylic acids is 3. The van der Waals surface area contributed by atoms with Crippen LogP contribution in [0.5, 0.6) is 0 Å². The SMILES string of the molecule is CN(C)c1ccc(CC2(Cc3ccc(N(C)C)cc3)C(=O)NC(=O)N(c3ccccc3)C2=O)cc1. The first-order valence-corrected chi connectivity index (χ1v) is 11.5. The fourth-order valence-electron chi connectivity index (χ4n) is 4.38. The second-order valence-electron chi connectivity index (χ2n) is 9.29. The van der Waals surface area contributed by atoms with Gasteiger partial charge in [-0.25, -0.2) is 9.69 Å². The second-order valence-corrected chi connectivity index (χ2v) is 9.29. The smallest absolute Gasteiger partial charge is 0.335 e. The average Bonchev–Trinajstić information content (AvgIpc) is 2.84. The normalized spacial score (nSPS) is 15.1. The number of hydrogen-bond donors (Lipinski definition) is 1. The maximum absolute atomic E-state index is 14.1. The molecule has 0 aliphatic carbocycles. The summed E-state index contributed by atoms with van der Waals surface area (Å²) in [7, 11) is 7.81. The van der Waals surface area contributed by atoms with Crippen LogP contribution < -0.4 is 20.0 Å². The molecule has 0 spiro atoms. The summed E-state index contributed by atoms with van der Waals surface area (Å²) in [5.74, 6) is -1.10. The van der Waals surface area contributed by atoms with Crippen molar-refractivity contribution in [2.45, 2.75) is 12.8 Å². The highest BCUT2D eigenvalue weighted by atomic mass is 16.2. The van der Waals surface area contributed by atoms with Crippen molar-refractivity contribution >= 4 is 34.9 Å². The van der Waals surface area contributed by atoms with Crippen LogP contribution in [0.3, 0.4) is 0 Å². The number of nitrogens with one attached hydrogen (secondary N) is 1. The molecule has 4 rings (SSSR count). The van der Waals surface area contributed by atoms with Crippen LogP contribution in [-0.4, -0.2) is 46.0 Å². The van der Waals surface area contributed by atoms with E-state index in [9.17, 15) is 14.4 Å². The number of imide groups is 2. The number of nitrogens with zero attached hydrogens (tertiary/aromatic N) is 3. The highest BCUT2D eigenvalue weighted by Gasteiger charge is 2.54. The Morgan fingerprint density at radius 1 is 0.686 bits per heavy atom. The van der Waals surface area contributed by atoms with Gasteiger partial charge in [0, 0.05) is 39.6 Å². The van der Waals surface area contributed by atoms with Crippen LogP contribution in [0.1, 0.15) is 11.1 Å². The molecule has 3 aromatic carbocycles. The predicted octanol–water partition coefficient (Wildman–Crippen LogP) is 3.87. The van der Waals surface area contributed by atoms with Gasteiger partial charge in [-0.2, -0.15) is 0 Å². The van der Waals surface area contributed by atoms with Crippen molar-refractivity contribution in [3.63, 3.8) is 0 Å². The first-order chi connectivity index (χ1) is 16.7. The number of amides is 4. The second kappa shape index (κ2) is 9.62. The lowest BCUT2D eigenvalue weighted by molar-refractivity contribution is -0.142. The van der Waals surface area contributed by atoms with E-state index in [0.29, 0.717) is 5.69 Å². The van der Waals surface area contributed by atoms with E-state index in [1.807, 2.05) is 92.6 Å². The van der Waals surface area contributed by atoms with Gasteiger partial charge >= 0.3 is 6.03 Å². The van der Waals surface area contributed by atoms with Crippen LogP contribution in [0.15, 0.2) is 78.9 Å². The van der Waals surface area contributed by atoms with Crippen LogP contribution in [0, 0.1) is 5.41 Å². The van der Waals surface area contributed by atoms with Crippen molar-refractivity contribution in [1.82, 2.24) is 5.32 Å². The summed E-state index contributed by atoms with van der Waals surface area (Å²) < 4.78 is 0. The number of hydrogen-bond acceptors (Lipinski definition) is 5. The first-order valence-electron chi connectivity index (χ1n) is 11.5. The molecule has 1 fully saturated rings. The van der Waals surface area contributed by atoms with E-state index in [4.69, 9.17) is 0 Å². The zero-order chi connectivity index (χ0) is 25.2. The molecule has 0 saturated carbocycles. The van der Waals surface area contributed by atoms with Crippen LogP contribution in [0.4, 0.5) is 21.9 Å². The van der Waals surface area contributed by atoms with Gasteiger partial charge in [0.2, 0.25) is 5.91 Å². The van der Waals surface area contributed by atoms with Gasteiger partial charge in [-0.3, -0.25) is 14.9 Å². The van der Waals surface area contributed by atoms with Crippen molar-refractivity contribution < 1.29 is 14.4 Å². The number of rotatable bonds is 7. The molecule has 1 aliphatic heterocycles. The van der Waals surface area contributed by atoms with Gasteiger partial charge in [0.05, 0.1) is 5.69 Å². The Morgan fingerprint density at radius 3 is 1.57 bits per heavy atom. The number of benzene rings is 3.